The van der Waals surface area contributed by atoms with Crippen LogP contribution in [0.15, 0.2) is 35.9 Å². The lowest BCUT2D eigenvalue weighted by molar-refractivity contribution is 0.432. The molecule has 0 saturated heterocycles. The minimum atomic E-state index is 0.576. The highest BCUT2D eigenvalue weighted by molar-refractivity contribution is 5.34. The van der Waals surface area contributed by atoms with Gasteiger partial charge >= 0.3 is 0 Å². The summed E-state index contributed by atoms with van der Waals surface area (Å²) < 4.78 is 0. The van der Waals surface area contributed by atoms with Crippen LogP contribution in [-0.4, -0.2) is 6.54 Å². The van der Waals surface area contributed by atoms with E-state index in [0.717, 1.165) is 12.5 Å². The van der Waals surface area contributed by atoms with Gasteiger partial charge in [-0.05, 0) is 68.5 Å². The highest BCUT2D eigenvalue weighted by atomic mass is 14.9. The van der Waals surface area contributed by atoms with Crippen molar-refractivity contribution < 1.29 is 0 Å². The first-order valence-corrected chi connectivity index (χ1v) is 8.34. The molecule has 0 radical (unpaired) electrons. The Morgan fingerprint density at radius 1 is 1.10 bits per heavy atom. The molecular formula is C19H27N. The van der Waals surface area contributed by atoms with Gasteiger partial charge in [0.15, 0.2) is 0 Å². The quantitative estimate of drug-likeness (QED) is 0.749. The fourth-order valence-electron chi connectivity index (χ4n) is 3.76. The van der Waals surface area contributed by atoms with E-state index in [1.165, 1.54) is 44.9 Å². The standard InChI is InChI=1S/C19H27N/c1-15-11-12-19(18-10-6-5-9-17(15)18)20-14-13-16-7-3-2-4-8-16/h5-7,9-10,15,19-20H,2-4,8,11-14H2,1H3. The van der Waals surface area contributed by atoms with Crippen LogP contribution < -0.4 is 5.32 Å². The molecule has 0 aromatic heterocycles. The van der Waals surface area contributed by atoms with Crippen molar-refractivity contribution in [3.05, 3.63) is 47.0 Å². The van der Waals surface area contributed by atoms with E-state index < -0.39 is 0 Å². The monoisotopic (exact) mass is 269 g/mol. The summed E-state index contributed by atoms with van der Waals surface area (Å²) in [5.74, 6) is 0.727. The number of allylic oxidation sites excluding steroid dienone is 1. The maximum absolute atomic E-state index is 3.80. The Morgan fingerprint density at radius 2 is 1.95 bits per heavy atom. The van der Waals surface area contributed by atoms with Crippen LogP contribution in [0.25, 0.3) is 0 Å². The summed E-state index contributed by atoms with van der Waals surface area (Å²) in [5, 5.41) is 3.80. The van der Waals surface area contributed by atoms with Crippen LogP contribution in [-0.2, 0) is 0 Å². The Kier molecular flexibility index (Phi) is 4.57. The van der Waals surface area contributed by atoms with Gasteiger partial charge in [-0.15, -0.1) is 0 Å². The van der Waals surface area contributed by atoms with Gasteiger partial charge in [0, 0.05) is 6.04 Å². The van der Waals surface area contributed by atoms with Crippen LogP contribution in [0.4, 0.5) is 0 Å². The molecule has 3 rings (SSSR count). The van der Waals surface area contributed by atoms with Gasteiger partial charge in [0.2, 0.25) is 0 Å². The molecule has 0 amide bonds. The van der Waals surface area contributed by atoms with Crippen LogP contribution in [0.3, 0.4) is 0 Å². The fourth-order valence-corrected chi connectivity index (χ4v) is 3.76. The molecule has 1 heteroatoms. The van der Waals surface area contributed by atoms with E-state index in [0.29, 0.717) is 6.04 Å². The molecule has 1 aromatic rings. The molecule has 2 atom stereocenters. The summed E-state index contributed by atoms with van der Waals surface area (Å²) in [6.45, 7) is 3.50. The molecule has 0 bridgehead atoms. The average Bonchev–Trinajstić information content (AvgIpc) is 2.51. The van der Waals surface area contributed by atoms with Gasteiger partial charge in [0.05, 0.1) is 0 Å². The van der Waals surface area contributed by atoms with Crippen molar-refractivity contribution in [1.82, 2.24) is 5.32 Å². The lowest BCUT2D eigenvalue weighted by Crippen LogP contribution is -2.27. The summed E-state index contributed by atoms with van der Waals surface area (Å²) >= 11 is 0. The van der Waals surface area contributed by atoms with Gasteiger partial charge in [-0.3, -0.25) is 0 Å². The molecule has 2 unspecified atom stereocenters. The second-order valence-electron chi connectivity index (χ2n) is 6.47. The minimum Gasteiger partial charge on any atom is -0.310 e. The van der Waals surface area contributed by atoms with Crippen LogP contribution in [0, 0.1) is 0 Å². The van der Waals surface area contributed by atoms with Crippen molar-refractivity contribution in [1.29, 1.82) is 0 Å². The molecule has 0 saturated carbocycles. The average molecular weight is 269 g/mol. The number of benzene rings is 1. The predicted molar refractivity (Wildman–Crippen MR) is 86.0 cm³/mol. The first-order chi connectivity index (χ1) is 9.84. The number of hydrogen-bond acceptors (Lipinski definition) is 1. The van der Waals surface area contributed by atoms with Gasteiger partial charge < -0.3 is 5.32 Å². The van der Waals surface area contributed by atoms with Crippen molar-refractivity contribution in [3.63, 3.8) is 0 Å². The number of hydrogen-bond donors (Lipinski definition) is 1. The highest BCUT2D eigenvalue weighted by Crippen LogP contribution is 2.36. The fraction of sp³-hybridized carbons (Fsp3) is 0.579. The van der Waals surface area contributed by atoms with E-state index in [9.17, 15) is 0 Å². The molecule has 1 N–H and O–H groups in total. The van der Waals surface area contributed by atoms with Crippen molar-refractivity contribution >= 4 is 0 Å². The first-order valence-electron chi connectivity index (χ1n) is 8.34. The molecule has 1 aromatic carbocycles. The van der Waals surface area contributed by atoms with Gasteiger partial charge in [-0.25, -0.2) is 0 Å². The minimum absolute atomic E-state index is 0.576. The highest BCUT2D eigenvalue weighted by Gasteiger charge is 2.23. The van der Waals surface area contributed by atoms with Crippen molar-refractivity contribution in [2.24, 2.45) is 0 Å². The summed E-state index contributed by atoms with van der Waals surface area (Å²) in [6, 6.07) is 9.59. The van der Waals surface area contributed by atoms with Gasteiger partial charge in [0.1, 0.15) is 0 Å². The zero-order chi connectivity index (χ0) is 13.8. The first kappa shape index (κ1) is 13.9. The number of nitrogens with one attached hydrogen (secondary N) is 1. The second kappa shape index (κ2) is 6.58. The lowest BCUT2D eigenvalue weighted by atomic mass is 9.81. The molecule has 0 heterocycles. The topological polar surface area (TPSA) is 12.0 Å². The third-order valence-corrected chi connectivity index (χ3v) is 5.01. The maximum atomic E-state index is 3.80. The second-order valence-corrected chi connectivity index (χ2v) is 6.47. The summed E-state index contributed by atoms with van der Waals surface area (Å²) in [7, 11) is 0. The van der Waals surface area contributed by atoms with Crippen LogP contribution in [0.5, 0.6) is 0 Å². The number of rotatable bonds is 4. The third-order valence-electron chi connectivity index (χ3n) is 5.01. The Hall–Kier alpha value is -1.08. The molecule has 0 fully saturated rings. The van der Waals surface area contributed by atoms with Crippen molar-refractivity contribution in [2.45, 2.75) is 63.8 Å². The maximum Gasteiger partial charge on any atom is 0.0323 e. The molecule has 0 aliphatic heterocycles. The van der Waals surface area contributed by atoms with Crippen LogP contribution >= 0.6 is 0 Å². The number of fused-ring (bicyclic) bond motifs is 1. The van der Waals surface area contributed by atoms with E-state index in [4.69, 9.17) is 0 Å². The molecule has 20 heavy (non-hydrogen) atoms. The molecule has 1 nitrogen and oxygen atoms in total. The van der Waals surface area contributed by atoms with Gasteiger partial charge in [-0.1, -0.05) is 42.8 Å². The Balaban J connectivity index is 1.58. The van der Waals surface area contributed by atoms with Crippen molar-refractivity contribution in [2.75, 3.05) is 6.54 Å². The predicted octanol–water partition coefficient (Wildman–Crippen LogP) is 5.11. The largest absolute Gasteiger partial charge is 0.310 e. The van der Waals surface area contributed by atoms with Gasteiger partial charge in [0.25, 0.3) is 0 Å². The van der Waals surface area contributed by atoms with E-state index in [1.807, 2.05) is 0 Å². The molecular weight excluding hydrogens is 242 g/mol. The Bertz CT molecular complexity index is 474. The van der Waals surface area contributed by atoms with E-state index in [1.54, 1.807) is 16.7 Å². The zero-order valence-electron chi connectivity index (χ0n) is 12.7. The Morgan fingerprint density at radius 3 is 2.75 bits per heavy atom. The van der Waals surface area contributed by atoms with E-state index in [2.05, 4.69) is 42.6 Å². The van der Waals surface area contributed by atoms with E-state index in [-0.39, 0.29) is 0 Å². The Labute approximate surface area is 123 Å². The van der Waals surface area contributed by atoms with E-state index >= 15 is 0 Å². The normalized spacial score (nSPS) is 25.9. The van der Waals surface area contributed by atoms with Crippen LogP contribution in [0.1, 0.15) is 75.0 Å². The molecule has 2 aliphatic carbocycles. The molecule has 2 aliphatic rings. The molecule has 108 valence electrons. The SMILES string of the molecule is CC1CCC(NCCC2=CCCCC2)c2ccccc21. The third kappa shape index (κ3) is 3.15. The zero-order valence-corrected chi connectivity index (χ0v) is 12.7. The summed E-state index contributed by atoms with van der Waals surface area (Å²) in [4.78, 5) is 0. The van der Waals surface area contributed by atoms with Crippen molar-refractivity contribution in [3.8, 4) is 0 Å². The lowest BCUT2D eigenvalue weighted by Gasteiger charge is -2.30. The smallest absolute Gasteiger partial charge is 0.0323 e. The van der Waals surface area contributed by atoms with Crippen LogP contribution in [0.2, 0.25) is 0 Å². The van der Waals surface area contributed by atoms with Gasteiger partial charge in [-0.2, -0.15) is 0 Å². The summed E-state index contributed by atoms with van der Waals surface area (Å²) in [5.41, 5.74) is 4.79. The molecule has 0 spiro atoms. The summed E-state index contributed by atoms with van der Waals surface area (Å²) in [6.07, 6.45) is 11.8.